The van der Waals surface area contributed by atoms with E-state index in [2.05, 4.69) is 15.4 Å². The summed E-state index contributed by atoms with van der Waals surface area (Å²) in [5.41, 5.74) is 2.73. The third-order valence-electron chi connectivity index (χ3n) is 3.76. The normalized spacial score (nSPS) is 13.5. The number of carbonyl (C=O) groups excluding carboxylic acids is 1. The second kappa shape index (κ2) is 6.99. The number of ether oxygens (including phenoxy) is 1. The fourth-order valence-corrected chi connectivity index (χ4v) is 2.52. The maximum atomic E-state index is 12.4. The minimum absolute atomic E-state index is 0.346. The van der Waals surface area contributed by atoms with Gasteiger partial charge in [-0.3, -0.25) is 4.79 Å². The number of hydrogen-bond acceptors (Lipinski definition) is 4. The molecular weight excluding hydrogens is 347 g/mol. The molecule has 0 unspecified atom stereocenters. The smallest absolute Gasteiger partial charge is 0.406 e. The van der Waals surface area contributed by atoms with Gasteiger partial charge in [0.2, 0.25) is 0 Å². The first kappa shape index (κ1) is 17.7. The van der Waals surface area contributed by atoms with Gasteiger partial charge in [-0.15, -0.1) is 13.2 Å². The predicted octanol–water partition coefficient (Wildman–Crippen LogP) is 3.98. The van der Waals surface area contributed by atoms with Crippen molar-refractivity contribution in [1.29, 1.82) is 0 Å². The lowest BCUT2D eigenvalue weighted by Gasteiger charge is -2.18. The minimum Gasteiger partial charge on any atom is -0.406 e. The van der Waals surface area contributed by atoms with E-state index in [1.165, 1.54) is 12.1 Å². The van der Waals surface area contributed by atoms with Crippen LogP contribution in [0.1, 0.15) is 15.9 Å². The van der Waals surface area contributed by atoms with E-state index >= 15 is 0 Å². The Hall–Kier alpha value is -3.16. The van der Waals surface area contributed by atoms with Gasteiger partial charge in [-0.2, -0.15) is 0 Å². The molecule has 1 amide bonds. The van der Waals surface area contributed by atoms with Gasteiger partial charge < -0.3 is 20.3 Å². The number of aryl methyl sites for hydroxylation is 1. The number of nitrogens with zero attached hydrogens (tertiary/aromatic N) is 1. The van der Waals surface area contributed by atoms with Gasteiger partial charge in [-0.05, 0) is 48.9 Å². The van der Waals surface area contributed by atoms with Gasteiger partial charge in [-0.1, -0.05) is 6.07 Å². The summed E-state index contributed by atoms with van der Waals surface area (Å²) in [6.07, 6.45) is -1.05. The number of rotatable bonds is 4. The van der Waals surface area contributed by atoms with Crippen molar-refractivity contribution in [2.45, 2.75) is 13.3 Å². The van der Waals surface area contributed by atoms with Gasteiger partial charge >= 0.3 is 6.36 Å². The van der Waals surface area contributed by atoms with Crippen molar-refractivity contribution in [3.05, 3.63) is 66.0 Å². The summed E-state index contributed by atoms with van der Waals surface area (Å²) >= 11 is 0. The largest absolute Gasteiger partial charge is 0.573 e. The zero-order valence-electron chi connectivity index (χ0n) is 13.8. The number of benzene rings is 2. The molecule has 5 nitrogen and oxygen atoms in total. The molecule has 0 radical (unpaired) electrons. The van der Waals surface area contributed by atoms with Crippen molar-refractivity contribution in [2.75, 3.05) is 16.9 Å². The van der Waals surface area contributed by atoms with Crippen molar-refractivity contribution in [2.24, 2.45) is 0 Å². The number of alkyl halides is 3. The second-order valence-electron chi connectivity index (χ2n) is 5.68. The van der Waals surface area contributed by atoms with Gasteiger partial charge in [0.1, 0.15) is 5.75 Å². The standard InChI is InChI=1S/C18H16F3N3O2/c1-12-2-3-13(10-16(12)24-9-8-22-11-24)17(25)23-14-4-6-15(7-5-14)26-18(19,20)21/h2-10,22H,11H2,1H3,(H,23,25). The molecule has 0 aliphatic carbocycles. The molecule has 0 atom stereocenters. The quantitative estimate of drug-likeness (QED) is 0.863. The molecular formula is C18H16F3N3O2. The average molecular weight is 363 g/mol. The zero-order valence-corrected chi connectivity index (χ0v) is 13.8. The van der Waals surface area contributed by atoms with Crippen molar-refractivity contribution in [3.63, 3.8) is 0 Å². The number of hydrogen-bond donors (Lipinski definition) is 2. The second-order valence-corrected chi connectivity index (χ2v) is 5.68. The first-order valence-electron chi connectivity index (χ1n) is 7.76. The molecule has 136 valence electrons. The molecule has 2 N–H and O–H groups in total. The summed E-state index contributed by atoms with van der Waals surface area (Å²) in [5, 5.41) is 5.72. The molecule has 3 rings (SSSR count). The van der Waals surface area contributed by atoms with E-state index in [-0.39, 0.29) is 11.7 Å². The summed E-state index contributed by atoms with van der Waals surface area (Å²) in [7, 11) is 0. The lowest BCUT2D eigenvalue weighted by atomic mass is 10.1. The molecule has 0 saturated carbocycles. The lowest BCUT2D eigenvalue weighted by molar-refractivity contribution is -0.274. The Morgan fingerprint density at radius 3 is 2.54 bits per heavy atom. The van der Waals surface area contributed by atoms with Crippen LogP contribution in [0.4, 0.5) is 24.5 Å². The third kappa shape index (κ3) is 4.27. The minimum atomic E-state index is -4.75. The Kier molecular flexibility index (Phi) is 4.75. The van der Waals surface area contributed by atoms with E-state index in [1.54, 1.807) is 12.1 Å². The summed E-state index contributed by atoms with van der Waals surface area (Å²) in [5.74, 6) is -0.701. The van der Waals surface area contributed by atoms with Gasteiger partial charge in [0, 0.05) is 29.3 Å². The number of carbonyl (C=O) groups is 1. The first-order valence-corrected chi connectivity index (χ1v) is 7.76. The number of nitrogens with one attached hydrogen (secondary N) is 2. The van der Waals surface area contributed by atoms with Crippen LogP contribution in [0.3, 0.4) is 0 Å². The Bertz CT molecular complexity index is 833. The highest BCUT2D eigenvalue weighted by atomic mass is 19.4. The Balaban J connectivity index is 1.72. The van der Waals surface area contributed by atoms with Crippen LogP contribution in [0.25, 0.3) is 0 Å². The van der Waals surface area contributed by atoms with Crippen LogP contribution >= 0.6 is 0 Å². The highest BCUT2D eigenvalue weighted by molar-refractivity contribution is 6.05. The van der Waals surface area contributed by atoms with Crippen LogP contribution < -0.4 is 20.3 Å². The van der Waals surface area contributed by atoms with Crippen molar-refractivity contribution in [1.82, 2.24) is 5.32 Å². The van der Waals surface area contributed by atoms with Crippen LogP contribution in [0, 0.1) is 6.92 Å². The number of amides is 1. The fraction of sp³-hybridized carbons (Fsp3) is 0.167. The molecule has 0 aromatic heterocycles. The first-order chi connectivity index (χ1) is 12.3. The molecule has 0 saturated heterocycles. The molecule has 0 bridgehead atoms. The molecule has 1 aliphatic heterocycles. The van der Waals surface area contributed by atoms with Crippen LogP contribution in [0.15, 0.2) is 54.9 Å². The van der Waals surface area contributed by atoms with Crippen LogP contribution in [0.5, 0.6) is 5.75 Å². The number of halogens is 3. The summed E-state index contributed by atoms with van der Waals surface area (Å²) in [4.78, 5) is 14.4. The highest BCUT2D eigenvalue weighted by Gasteiger charge is 2.31. The molecule has 26 heavy (non-hydrogen) atoms. The van der Waals surface area contributed by atoms with Crippen molar-refractivity contribution < 1.29 is 22.7 Å². The molecule has 8 heteroatoms. The topological polar surface area (TPSA) is 53.6 Å². The van der Waals surface area contributed by atoms with E-state index in [0.717, 1.165) is 23.4 Å². The summed E-state index contributed by atoms with van der Waals surface area (Å²) < 4.78 is 40.3. The monoisotopic (exact) mass is 363 g/mol. The Morgan fingerprint density at radius 2 is 1.92 bits per heavy atom. The lowest BCUT2D eigenvalue weighted by Crippen LogP contribution is -2.21. The average Bonchev–Trinajstić information content (AvgIpc) is 3.10. The number of anilines is 2. The van der Waals surface area contributed by atoms with Crippen molar-refractivity contribution in [3.8, 4) is 5.75 Å². The van der Waals surface area contributed by atoms with Gasteiger partial charge in [0.25, 0.3) is 5.91 Å². The SMILES string of the molecule is Cc1ccc(C(=O)Nc2ccc(OC(F)(F)F)cc2)cc1N1C=CNC1. The molecule has 2 aromatic carbocycles. The maximum Gasteiger partial charge on any atom is 0.573 e. The third-order valence-corrected chi connectivity index (χ3v) is 3.76. The molecule has 0 fully saturated rings. The van der Waals surface area contributed by atoms with Gasteiger partial charge in [0.05, 0.1) is 6.67 Å². The molecule has 1 heterocycles. The van der Waals surface area contributed by atoms with E-state index in [0.29, 0.717) is 17.9 Å². The predicted molar refractivity (Wildman–Crippen MR) is 91.9 cm³/mol. The molecule has 1 aliphatic rings. The van der Waals surface area contributed by atoms with Crippen LogP contribution in [-0.2, 0) is 0 Å². The van der Waals surface area contributed by atoms with E-state index < -0.39 is 6.36 Å². The van der Waals surface area contributed by atoms with Gasteiger partial charge in [-0.25, -0.2) is 0 Å². The van der Waals surface area contributed by atoms with Gasteiger partial charge in [0.15, 0.2) is 0 Å². The van der Waals surface area contributed by atoms with Crippen molar-refractivity contribution >= 4 is 17.3 Å². The Morgan fingerprint density at radius 1 is 1.19 bits per heavy atom. The fourth-order valence-electron chi connectivity index (χ4n) is 2.52. The molecule has 2 aromatic rings. The van der Waals surface area contributed by atoms with Crippen LogP contribution in [0.2, 0.25) is 0 Å². The summed E-state index contributed by atoms with van der Waals surface area (Å²) in [6, 6.07) is 10.3. The van der Waals surface area contributed by atoms with E-state index in [9.17, 15) is 18.0 Å². The Labute approximate surface area is 148 Å². The zero-order chi connectivity index (χ0) is 18.7. The highest BCUT2D eigenvalue weighted by Crippen LogP contribution is 2.25. The maximum absolute atomic E-state index is 12.4. The molecule has 0 spiro atoms. The van der Waals surface area contributed by atoms with E-state index in [1.807, 2.05) is 30.3 Å². The van der Waals surface area contributed by atoms with Crippen LogP contribution in [-0.4, -0.2) is 18.9 Å². The summed E-state index contributed by atoms with van der Waals surface area (Å²) in [6.45, 7) is 2.56. The van der Waals surface area contributed by atoms with E-state index in [4.69, 9.17) is 0 Å².